The average Bonchev–Trinajstić information content (AvgIpc) is 2.95. The molecule has 6 heteroatoms. The molecule has 1 aromatic heterocycles. The molecule has 0 N–H and O–H groups in total. The number of nitrogens with zero attached hydrogens (tertiary/aromatic N) is 1. The van der Waals surface area contributed by atoms with Crippen molar-refractivity contribution in [1.29, 1.82) is 0 Å². The minimum Gasteiger partial charge on any atom is -0.496 e. The molecule has 0 unspecified atom stereocenters. The Balaban J connectivity index is 2.61. The van der Waals surface area contributed by atoms with Crippen LogP contribution in [0.15, 0.2) is 18.3 Å². The topological polar surface area (TPSA) is 57.7 Å². The Kier molecular flexibility index (Phi) is 4.24. The van der Waals surface area contributed by atoms with Gasteiger partial charge >= 0.3 is 0 Å². The second-order valence-corrected chi connectivity index (χ2v) is 5.02. The molecular formula is C14H15NO4S. The van der Waals surface area contributed by atoms with Gasteiger partial charge in [0.25, 0.3) is 0 Å². The van der Waals surface area contributed by atoms with Crippen molar-refractivity contribution in [3.8, 4) is 27.8 Å². The lowest BCUT2D eigenvalue weighted by Crippen LogP contribution is -1.95. The largest absolute Gasteiger partial charge is 0.496 e. The van der Waals surface area contributed by atoms with Crippen LogP contribution in [0.5, 0.6) is 17.2 Å². The summed E-state index contributed by atoms with van der Waals surface area (Å²) in [5.41, 5.74) is 0.716. The molecule has 0 spiro atoms. The van der Waals surface area contributed by atoms with Crippen LogP contribution in [0.2, 0.25) is 0 Å². The number of rotatable bonds is 5. The zero-order valence-electron chi connectivity index (χ0n) is 11.7. The number of benzene rings is 1. The summed E-state index contributed by atoms with van der Waals surface area (Å²) < 4.78 is 16.0. The molecule has 1 heterocycles. The summed E-state index contributed by atoms with van der Waals surface area (Å²) in [4.78, 5) is 16.3. The van der Waals surface area contributed by atoms with E-state index in [1.165, 1.54) is 18.3 Å². The predicted molar refractivity (Wildman–Crippen MR) is 77.2 cm³/mol. The van der Waals surface area contributed by atoms with Gasteiger partial charge in [0.1, 0.15) is 22.3 Å². The average molecular weight is 293 g/mol. The van der Waals surface area contributed by atoms with Gasteiger partial charge in [0.15, 0.2) is 5.78 Å². The number of hydrogen-bond donors (Lipinski definition) is 0. The van der Waals surface area contributed by atoms with Crippen molar-refractivity contribution in [2.75, 3.05) is 21.3 Å². The fourth-order valence-corrected chi connectivity index (χ4v) is 2.64. The maximum Gasteiger partial charge on any atom is 0.171 e. The number of carbonyl (C=O) groups is 1. The molecule has 5 nitrogen and oxygen atoms in total. The van der Waals surface area contributed by atoms with Gasteiger partial charge in [0.2, 0.25) is 0 Å². The Bertz CT molecular complexity index is 611. The van der Waals surface area contributed by atoms with E-state index < -0.39 is 0 Å². The van der Waals surface area contributed by atoms with Crippen LogP contribution in [-0.4, -0.2) is 32.1 Å². The fraction of sp³-hybridized carbons (Fsp3) is 0.286. The molecule has 2 rings (SSSR count). The molecule has 1 aromatic carbocycles. The number of carbonyl (C=O) groups excluding carboxylic acids is 1. The molecule has 20 heavy (non-hydrogen) atoms. The second-order valence-electron chi connectivity index (χ2n) is 3.99. The molecule has 0 atom stereocenters. The van der Waals surface area contributed by atoms with Crippen LogP contribution >= 0.6 is 11.3 Å². The van der Waals surface area contributed by atoms with Crippen molar-refractivity contribution in [1.82, 2.24) is 4.98 Å². The Hall–Kier alpha value is -2.08. The summed E-state index contributed by atoms with van der Waals surface area (Å²) >= 11 is 1.31. The number of hydrogen-bond acceptors (Lipinski definition) is 6. The summed E-state index contributed by atoms with van der Waals surface area (Å²) in [6, 6.07) is 3.51. The van der Waals surface area contributed by atoms with Crippen molar-refractivity contribution >= 4 is 17.1 Å². The van der Waals surface area contributed by atoms with Gasteiger partial charge in [-0.25, -0.2) is 4.98 Å². The number of ketones is 1. The maximum atomic E-state index is 11.4. The minimum atomic E-state index is -0.0137. The molecule has 106 valence electrons. The number of aromatic nitrogens is 1. The van der Waals surface area contributed by atoms with E-state index in [4.69, 9.17) is 14.2 Å². The van der Waals surface area contributed by atoms with E-state index in [1.807, 2.05) is 0 Å². The van der Waals surface area contributed by atoms with Crippen molar-refractivity contribution in [3.05, 3.63) is 23.2 Å². The number of thiazole rings is 1. The van der Waals surface area contributed by atoms with Crippen molar-refractivity contribution < 1.29 is 19.0 Å². The monoisotopic (exact) mass is 293 g/mol. The highest BCUT2D eigenvalue weighted by Crippen LogP contribution is 2.43. The van der Waals surface area contributed by atoms with Gasteiger partial charge in [-0.3, -0.25) is 4.79 Å². The first-order valence-electron chi connectivity index (χ1n) is 5.87. The van der Waals surface area contributed by atoms with Crippen molar-refractivity contribution in [2.24, 2.45) is 0 Å². The summed E-state index contributed by atoms with van der Waals surface area (Å²) in [6.45, 7) is 1.51. The number of Topliss-reactive ketones (excluding diaryl/α,β-unsaturated/α-hetero) is 1. The molecule has 0 saturated carbocycles. The van der Waals surface area contributed by atoms with Crippen molar-refractivity contribution in [2.45, 2.75) is 6.92 Å². The molecule has 0 saturated heterocycles. The zero-order chi connectivity index (χ0) is 14.7. The van der Waals surface area contributed by atoms with E-state index in [1.54, 1.807) is 39.7 Å². The van der Waals surface area contributed by atoms with Gasteiger partial charge in [0, 0.05) is 25.3 Å². The van der Waals surface area contributed by atoms with E-state index in [0.717, 1.165) is 0 Å². The molecular weight excluding hydrogens is 278 g/mol. The predicted octanol–water partition coefficient (Wildman–Crippen LogP) is 3.04. The molecule has 0 aliphatic carbocycles. The molecule has 0 fully saturated rings. The van der Waals surface area contributed by atoms with Crippen LogP contribution in [0.4, 0.5) is 0 Å². The number of ether oxygens (including phenoxy) is 3. The van der Waals surface area contributed by atoms with Crippen LogP contribution in [0, 0.1) is 0 Å². The summed E-state index contributed by atoms with van der Waals surface area (Å²) in [6.07, 6.45) is 1.56. The summed E-state index contributed by atoms with van der Waals surface area (Å²) in [5, 5.41) is 0.673. The van der Waals surface area contributed by atoms with Gasteiger partial charge in [-0.2, -0.15) is 0 Å². The highest BCUT2D eigenvalue weighted by Gasteiger charge is 2.19. The Morgan fingerprint density at radius 1 is 1.10 bits per heavy atom. The lowest BCUT2D eigenvalue weighted by Gasteiger charge is -2.13. The van der Waals surface area contributed by atoms with E-state index in [2.05, 4.69) is 4.98 Å². The highest BCUT2D eigenvalue weighted by molar-refractivity contribution is 7.17. The van der Waals surface area contributed by atoms with Gasteiger partial charge in [-0.1, -0.05) is 0 Å². The highest BCUT2D eigenvalue weighted by atomic mass is 32.1. The quantitative estimate of drug-likeness (QED) is 0.793. The van der Waals surface area contributed by atoms with E-state index in [0.29, 0.717) is 32.7 Å². The van der Waals surface area contributed by atoms with Gasteiger partial charge in [-0.05, 0) is 0 Å². The lowest BCUT2D eigenvalue weighted by atomic mass is 10.1. The smallest absolute Gasteiger partial charge is 0.171 e. The number of methoxy groups -OCH3 is 3. The van der Waals surface area contributed by atoms with Gasteiger partial charge in [-0.15, -0.1) is 11.3 Å². The standard InChI is InChI=1S/C14H15NO4S/c1-8(16)12-7-15-14(20-12)13-10(18-3)5-9(17-2)6-11(13)19-4/h5-7H,1-4H3. The van der Waals surface area contributed by atoms with Crippen LogP contribution < -0.4 is 14.2 Å². The fourth-order valence-electron chi connectivity index (χ4n) is 1.77. The normalized spacial score (nSPS) is 10.2. The maximum absolute atomic E-state index is 11.4. The van der Waals surface area contributed by atoms with E-state index in [9.17, 15) is 4.79 Å². The third-order valence-corrected chi connectivity index (χ3v) is 3.90. The molecule has 0 amide bonds. The van der Waals surface area contributed by atoms with Crippen LogP contribution in [0.1, 0.15) is 16.6 Å². The second kappa shape index (κ2) is 5.92. The Labute approximate surface area is 121 Å². The summed E-state index contributed by atoms with van der Waals surface area (Å²) in [7, 11) is 4.71. The first kappa shape index (κ1) is 14.3. The first-order valence-corrected chi connectivity index (χ1v) is 6.69. The zero-order valence-corrected chi connectivity index (χ0v) is 12.5. The van der Waals surface area contributed by atoms with Crippen LogP contribution in [0.3, 0.4) is 0 Å². The van der Waals surface area contributed by atoms with Crippen LogP contribution in [-0.2, 0) is 0 Å². The SMILES string of the molecule is COc1cc(OC)c(-c2ncc(C(C)=O)s2)c(OC)c1. The van der Waals surface area contributed by atoms with Crippen molar-refractivity contribution in [3.63, 3.8) is 0 Å². The summed E-state index contributed by atoms with van der Waals surface area (Å²) in [5.74, 6) is 1.79. The molecule has 0 bridgehead atoms. The molecule has 2 aromatic rings. The molecule has 0 aliphatic rings. The Morgan fingerprint density at radius 2 is 1.70 bits per heavy atom. The van der Waals surface area contributed by atoms with E-state index in [-0.39, 0.29) is 5.78 Å². The van der Waals surface area contributed by atoms with Gasteiger partial charge in [0.05, 0.1) is 31.8 Å². The Morgan fingerprint density at radius 3 is 2.10 bits per heavy atom. The molecule has 0 aliphatic heterocycles. The van der Waals surface area contributed by atoms with Gasteiger partial charge < -0.3 is 14.2 Å². The third kappa shape index (κ3) is 2.60. The molecule has 0 radical (unpaired) electrons. The minimum absolute atomic E-state index is 0.0137. The van der Waals surface area contributed by atoms with E-state index >= 15 is 0 Å². The lowest BCUT2D eigenvalue weighted by molar-refractivity contribution is 0.102. The third-order valence-electron chi connectivity index (χ3n) is 2.78. The first-order chi connectivity index (χ1) is 9.60. The van der Waals surface area contributed by atoms with Crippen LogP contribution in [0.25, 0.3) is 10.6 Å².